The molecule has 2 amide bonds. The quantitative estimate of drug-likeness (QED) is 0.728. The maximum atomic E-state index is 12.3. The first-order valence-corrected chi connectivity index (χ1v) is 7.88. The van der Waals surface area contributed by atoms with E-state index >= 15 is 0 Å². The van der Waals surface area contributed by atoms with Crippen LogP contribution in [-0.4, -0.2) is 53.1 Å². The van der Waals surface area contributed by atoms with Gasteiger partial charge >= 0.3 is 6.09 Å². The van der Waals surface area contributed by atoms with Gasteiger partial charge in [-0.25, -0.2) is 4.79 Å². The van der Waals surface area contributed by atoms with E-state index in [0.29, 0.717) is 19.6 Å². The highest BCUT2D eigenvalue weighted by atomic mass is 35.5. The average Bonchev–Trinajstić information content (AvgIpc) is 2.88. The van der Waals surface area contributed by atoms with Gasteiger partial charge in [0.25, 0.3) is 0 Å². The molecule has 0 aromatic carbocycles. The number of carbonyl (C=O) groups is 2. The predicted octanol–water partition coefficient (Wildman–Crippen LogP) is 3.15. The van der Waals surface area contributed by atoms with Gasteiger partial charge in [0.2, 0.25) is 5.91 Å². The molecule has 0 aromatic rings. The van der Waals surface area contributed by atoms with Crippen molar-refractivity contribution >= 4 is 23.6 Å². The van der Waals surface area contributed by atoms with Crippen molar-refractivity contribution in [1.29, 1.82) is 0 Å². The van der Waals surface area contributed by atoms with Gasteiger partial charge in [0, 0.05) is 25.2 Å². The number of hydrogen-bond acceptors (Lipinski definition) is 3. The van der Waals surface area contributed by atoms with Crippen LogP contribution in [0.3, 0.4) is 0 Å². The Labute approximate surface area is 137 Å². The summed E-state index contributed by atoms with van der Waals surface area (Å²) in [6.45, 7) is 10.5. The summed E-state index contributed by atoms with van der Waals surface area (Å²) in [4.78, 5) is 27.5. The second-order valence-electron chi connectivity index (χ2n) is 6.28. The zero-order valence-corrected chi connectivity index (χ0v) is 14.3. The lowest BCUT2D eigenvalue weighted by Gasteiger charge is -2.31. The summed E-state index contributed by atoms with van der Waals surface area (Å²) in [7, 11) is 0. The Bertz CT molecular complexity index is 443. The summed E-state index contributed by atoms with van der Waals surface area (Å²) in [5.74, 6) is -0.175. The normalized spacial score (nSPS) is 18.5. The van der Waals surface area contributed by atoms with Crippen molar-refractivity contribution in [2.75, 3.05) is 19.6 Å². The molecule has 1 atom stereocenters. The van der Waals surface area contributed by atoms with Crippen LogP contribution in [0.1, 0.15) is 33.6 Å². The molecule has 0 saturated carbocycles. The van der Waals surface area contributed by atoms with Gasteiger partial charge in [-0.15, -0.1) is 0 Å². The maximum Gasteiger partial charge on any atom is 0.410 e. The van der Waals surface area contributed by atoms with Gasteiger partial charge in [-0.1, -0.05) is 24.3 Å². The van der Waals surface area contributed by atoms with Crippen LogP contribution in [0.25, 0.3) is 0 Å². The molecular formula is C16H25ClN2O3. The second kappa shape index (κ2) is 8.22. The molecule has 0 spiro atoms. The monoisotopic (exact) mass is 328 g/mol. The van der Waals surface area contributed by atoms with Crippen LogP contribution in [-0.2, 0) is 9.53 Å². The topological polar surface area (TPSA) is 49.9 Å². The molecule has 124 valence electrons. The third kappa shape index (κ3) is 5.72. The second-order valence-corrected chi connectivity index (χ2v) is 6.53. The first-order chi connectivity index (χ1) is 10.3. The Kier molecular flexibility index (Phi) is 6.94. The van der Waals surface area contributed by atoms with E-state index in [0.717, 1.165) is 12.8 Å². The Morgan fingerprint density at radius 1 is 1.45 bits per heavy atom. The van der Waals surface area contributed by atoms with Gasteiger partial charge in [-0.05, 0) is 39.7 Å². The zero-order chi connectivity index (χ0) is 16.8. The molecule has 1 saturated heterocycles. The highest BCUT2D eigenvalue weighted by Gasteiger charge is 2.33. The smallest absolute Gasteiger partial charge is 0.410 e. The van der Waals surface area contributed by atoms with Crippen LogP contribution in [0.2, 0.25) is 0 Å². The maximum absolute atomic E-state index is 12.3. The number of hydrogen-bond donors (Lipinski definition) is 0. The number of carbonyl (C=O) groups excluding carboxylic acids is 2. The van der Waals surface area contributed by atoms with E-state index in [1.54, 1.807) is 15.9 Å². The molecule has 0 bridgehead atoms. The van der Waals surface area contributed by atoms with E-state index in [1.165, 1.54) is 11.6 Å². The van der Waals surface area contributed by atoms with Crippen molar-refractivity contribution in [3.8, 4) is 0 Å². The summed E-state index contributed by atoms with van der Waals surface area (Å²) in [5.41, 5.74) is 0.853. The zero-order valence-electron chi connectivity index (χ0n) is 13.5. The molecule has 0 aromatic heterocycles. The predicted molar refractivity (Wildman–Crippen MR) is 87.7 cm³/mol. The number of rotatable bonds is 5. The molecule has 5 nitrogen and oxygen atoms in total. The molecule has 1 aliphatic rings. The summed E-state index contributed by atoms with van der Waals surface area (Å²) >= 11 is 5.53. The third-order valence-electron chi connectivity index (χ3n) is 3.34. The Balaban J connectivity index is 2.73. The van der Waals surface area contributed by atoms with E-state index in [4.69, 9.17) is 16.3 Å². The fourth-order valence-corrected chi connectivity index (χ4v) is 2.47. The number of amides is 2. The lowest BCUT2D eigenvalue weighted by molar-refractivity contribution is -0.126. The van der Waals surface area contributed by atoms with Gasteiger partial charge in [-0.2, -0.15) is 0 Å². The van der Waals surface area contributed by atoms with Gasteiger partial charge < -0.3 is 14.5 Å². The summed E-state index contributed by atoms with van der Waals surface area (Å²) in [5, 5.41) is 0. The van der Waals surface area contributed by atoms with Gasteiger partial charge in [-0.3, -0.25) is 4.79 Å². The minimum absolute atomic E-state index is 0.0394. The lowest BCUT2D eigenvalue weighted by atomic mass is 10.2. The molecule has 1 fully saturated rings. The molecule has 0 unspecified atom stereocenters. The molecule has 0 aliphatic carbocycles. The lowest BCUT2D eigenvalue weighted by Crippen LogP contribution is -2.46. The van der Waals surface area contributed by atoms with E-state index in [9.17, 15) is 9.59 Å². The van der Waals surface area contributed by atoms with Crippen molar-refractivity contribution in [3.63, 3.8) is 0 Å². The fourth-order valence-electron chi connectivity index (χ4n) is 2.39. The van der Waals surface area contributed by atoms with Gasteiger partial charge in [0.15, 0.2) is 0 Å². The van der Waals surface area contributed by atoms with Crippen LogP contribution >= 0.6 is 11.6 Å². The number of likely N-dealkylation sites (tertiary alicyclic amines) is 1. The summed E-state index contributed by atoms with van der Waals surface area (Å²) < 4.78 is 5.43. The molecule has 22 heavy (non-hydrogen) atoms. The van der Waals surface area contributed by atoms with E-state index in [-0.39, 0.29) is 18.0 Å². The van der Waals surface area contributed by atoms with E-state index in [2.05, 4.69) is 6.58 Å². The van der Waals surface area contributed by atoms with Crippen molar-refractivity contribution in [2.24, 2.45) is 0 Å². The minimum Gasteiger partial charge on any atom is -0.444 e. The third-order valence-corrected chi connectivity index (χ3v) is 3.52. The Morgan fingerprint density at radius 2 is 2.14 bits per heavy atom. The Hall–Kier alpha value is -1.49. The number of ether oxygens (including phenoxy) is 1. The van der Waals surface area contributed by atoms with Crippen molar-refractivity contribution in [1.82, 2.24) is 9.80 Å². The summed E-state index contributed by atoms with van der Waals surface area (Å²) in [6, 6.07) is -0.0394. The molecular weight excluding hydrogens is 304 g/mol. The first-order valence-electron chi connectivity index (χ1n) is 7.44. The molecule has 6 heteroatoms. The standard InChI is InChI=1S/C16H25ClN2O3/c1-5-14(20)18(10-7-9-17)12-13-8-6-11-19(13)15(21)22-16(2,3)4/h5,7,9,13H,1,6,8,10-12H2,2-4H3/b9-7+/t13-/m0/s1. The van der Waals surface area contributed by atoms with Crippen molar-refractivity contribution < 1.29 is 14.3 Å². The largest absolute Gasteiger partial charge is 0.444 e. The van der Waals surface area contributed by atoms with Crippen LogP contribution in [0.4, 0.5) is 4.79 Å². The Morgan fingerprint density at radius 3 is 2.68 bits per heavy atom. The summed E-state index contributed by atoms with van der Waals surface area (Å²) in [6.07, 6.45) is 4.40. The average molecular weight is 329 g/mol. The van der Waals surface area contributed by atoms with Crippen molar-refractivity contribution in [2.45, 2.75) is 45.3 Å². The van der Waals surface area contributed by atoms with Crippen molar-refractivity contribution in [3.05, 3.63) is 24.3 Å². The molecule has 1 rings (SSSR count). The first kappa shape index (κ1) is 18.6. The molecule has 0 radical (unpaired) electrons. The van der Waals surface area contributed by atoms with Crippen LogP contribution in [0, 0.1) is 0 Å². The molecule has 0 N–H and O–H groups in total. The van der Waals surface area contributed by atoms with Gasteiger partial charge in [0.1, 0.15) is 5.60 Å². The molecule has 1 heterocycles. The van der Waals surface area contributed by atoms with Crippen LogP contribution in [0.5, 0.6) is 0 Å². The highest BCUT2D eigenvalue weighted by Crippen LogP contribution is 2.21. The fraction of sp³-hybridized carbons (Fsp3) is 0.625. The van der Waals surface area contributed by atoms with E-state index < -0.39 is 5.60 Å². The van der Waals surface area contributed by atoms with Crippen LogP contribution < -0.4 is 0 Å². The molecule has 1 aliphatic heterocycles. The SMILES string of the molecule is C=CC(=O)N(C/C=C/Cl)C[C@@H]1CCCN1C(=O)OC(C)(C)C. The highest BCUT2D eigenvalue weighted by molar-refractivity contribution is 6.25. The van der Waals surface area contributed by atoms with Crippen LogP contribution in [0.15, 0.2) is 24.3 Å². The van der Waals surface area contributed by atoms with Gasteiger partial charge in [0.05, 0.1) is 6.04 Å². The number of halogens is 1. The minimum atomic E-state index is -0.526. The van der Waals surface area contributed by atoms with E-state index in [1.807, 2.05) is 20.8 Å². The number of nitrogens with zero attached hydrogens (tertiary/aromatic N) is 2.